The molecule has 3 nitrogen and oxygen atoms in total. The summed E-state index contributed by atoms with van der Waals surface area (Å²) in [4.78, 5) is 9.73. The highest BCUT2D eigenvalue weighted by molar-refractivity contribution is 6.26. The predicted molar refractivity (Wildman–Crippen MR) is 220 cm³/mol. The molecule has 0 saturated heterocycles. The first-order chi connectivity index (χ1) is 25.7. The Morgan fingerprint density at radius 2 is 1.19 bits per heavy atom. The van der Waals surface area contributed by atoms with Gasteiger partial charge >= 0.3 is 0 Å². The molecule has 0 radical (unpaired) electrons. The lowest BCUT2D eigenvalue weighted by atomic mass is 9.93. The van der Waals surface area contributed by atoms with Gasteiger partial charge in [-0.05, 0) is 74.8 Å². The summed E-state index contributed by atoms with van der Waals surface area (Å²) in [6, 6.07) is 61.5. The predicted octanol–water partition coefficient (Wildman–Crippen LogP) is 13.0. The fourth-order valence-corrected chi connectivity index (χ4v) is 7.24. The van der Waals surface area contributed by atoms with E-state index in [2.05, 4.69) is 157 Å². The number of benzene rings is 8. The molecule has 9 aromatic rings. The van der Waals surface area contributed by atoms with E-state index in [-0.39, 0.29) is 0 Å². The molecule has 0 spiro atoms. The minimum absolute atomic E-state index is 0.517. The second-order valence-electron chi connectivity index (χ2n) is 13.0. The fraction of sp³-hybridized carbons (Fsp3) is 0.0204. The molecule has 3 heteroatoms. The third-order valence-corrected chi connectivity index (χ3v) is 9.85. The summed E-state index contributed by atoms with van der Waals surface area (Å²) in [6.07, 6.45) is 2.05. The van der Waals surface area contributed by atoms with Gasteiger partial charge in [-0.1, -0.05) is 158 Å². The van der Waals surface area contributed by atoms with Gasteiger partial charge in [-0.25, -0.2) is 0 Å². The zero-order chi connectivity index (χ0) is 34.9. The van der Waals surface area contributed by atoms with Gasteiger partial charge in [0.2, 0.25) is 0 Å². The molecule has 52 heavy (non-hydrogen) atoms. The van der Waals surface area contributed by atoms with Crippen LogP contribution in [0.4, 0.5) is 0 Å². The number of furan rings is 1. The smallest absolute Gasteiger partial charge is 0.143 e. The fourth-order valence-electron chi connectivity index (χ4n) is 7.24. The van der Waals surface area contributed by atoms with Gasteiger partial charge < -0.3 is 4.42 Å². The molecule has 0 amide bonds. The molecule has 1 heterocycles. The SMILES string of the molecule is C=N/C(=C\C(=N/Cc1ccccc1)c1ccc(-c2ccc(-c3cccc4ccccc34)cc2)c2oc3cc4ccccc4cc3c12)c1ccccc1. The van der Waals surface area contributed by atoms with E-state index in [0.29, 0.717) is 6.54 Å². The van der Waals surface area contributed by atoms with E-state index >= 15 is 0 Å². The normalized spacial score (nSPS) is 12.2. The van der Waals surface area contributed by atoms with Crippen LogP contribution in [0.15, 0.2) is 196 Å². The number of hydrogen-bond donors (Lipinski definition) is 0. The first-order valence-electron chi connectivity index (χ1n) is 17.5. The summed E-state index contributed by atoms with van der Waals surface area (Å²) in [5.41, 5.74) is 10.8. The van der Waals surface area contributed by atoms with Crippen molar-refractivity contribution >= 4 is 61.6 Å². The van der Waals surface area contributed by atoms with Crippen LogP contribution in [0, 0.1) is 0 Å². The van der Waals surface area contributed by atoms with Crippen molar-refractivity contribution in [2.75, 3.05) is 0 Å². The largest absolute Gasteiger partial charge is 0.455 e. The van der Waals surface area contributed by atoms with Crippen LogP contribution < -0.4 is 0 Å². The Hall–Kier alpha value is -6.84. The van der Waals surface area contributed by atoms with Gasteiger partial charge in [0.05, 0.1) is 18.0 Å². The first kappa shape index (κ1) is 31.2. The van der Waals surface area contributed by atoms with Gasteiger partial charge in [-0.15, -0.1) is 0 Å². The van der Waals surface area contributed by atoms with Gasteiger partial charge in [0, 0.05) is 27.5 Å². The maximum atomic E-state index is 6.88. The lowest BCUT2D eigenvalue weighted by Gasteiger charge is -2.12. The molecule has 0 aliphatic carbocycles. The Bertz CT molecular complexity index is 2800. The van der Waals surface area contributed by atoms with Crippen molar-refractivity contribution in [2.45, 2.75) is 6.54 Å². The topological polar surface area (TPSA) is 37.9 Å². The van der Waals surface area contributed by atoms with Crippen molar-refractivity contribution in [1.29, 1.82) is 0 Å². The number of fused-ring (bicyclic) bond motifs is 5. The molecule has 0 N–H and O–H groups in total. The third kappa shape index (κ3) is 5.78. The van der Waals surface area contributed by atoms with Crippen LogP contribution in [-0.2, 0) is 6.54 Å². The zero-order valence-electron chi connectivity index (χ0n) is 28.5. The molecular weight excluding hydrogens is 633 g/mol. The summed E-state index contributed by atoms with van der Waals surface area (Å²) in [7, 11) is 0. The Balaban J connectivity index is 1.26. The minimum Gasteiger partial charge on any atom is -0.455 e. The van der Waals surface area contributed by atoms with Gasteiger partial charge in [0.15, 0.2) is 0 Å². The van der Waals surface area contributed by atoms with Gasteiger partial charge in [-0.3, -0.25) is 9.98 Å². The number of aliphatic imine (C=N–C) groups is 2. The molecule has 8 aromatic carbocycles. The number of nitrogens with zero attached hydrogens (tertiary/aromatic N) is 2. The zero-order valence-corrected chi connectivity index (χ0v) is 28.5. The Morgan fingerprint density at radius 1 is 0.558 bits per heavy atom. The average Bonchev–Trinajstić information content (AvgIpc) is 3.59. The van der Waals surface area contributed by atoms with Crippen LogP contribution in [0.3, 0.4) is 0 Å². The molecule has 0 saturated carbocycles. The summed E-state index contributed by atoms with van der Waals surface area (Å²) in [5, 5.41) is 6.84. The maximum Gasteiger partial charge on any atom is 0.143 e. The number of allylic oxidation sites excluding steroid dienone is 1. The average molecular weight is 667 g/mol. The van der Waals surface area contributed by atoms with Crippen molar-refractivity contribution in [3.05, 3.63) is 199 Å². The van der Waals surface area contributed by atoms with Crippen LogP contribution in [0.2, 0.25) is 0 Å². The van der Waals surface area contributed by atoms with E-state index < -0.39 is 0 Å². The van der Waals surface area contributed by atoms with E-state index in [4.69, 9.17) is 9.41 Å². The highest BCUT2D eigenvalue weighted by atomic mass is 16.3. The summed E-state index contributed by atoms with van der Waals surface area (Å²) in [5.74, 6) is 0. The molecule has 0 unspecified atom stereocenters. The van der Waals surface area contributed by atoms with Crippen LogP contribution in [-0.4, -0.2) is 12.4 Å². The van der Waals surface area contributed by atoms with Crippen molar-refractivity contribution in [3.8, 4) is 22.3 Å². The Morgan fingerprint density at radius 3 is 1.94 bits per heavy atom. The molecular formula is C49H34N2O. The Labute approximate surface area is 302 Å². The highest BCUT2D eigenvalue weighted by Crippen LogP contribution is 2.41. The molecule has 1 aromatic heterocycles. The monoisotopic (exact) mass is 666 g/mol. The molecule has 0 aliphatic heterocycles. The third-order valence-electron chi connectivity index (χ3n) is 9.85. The quantitative estimate of drug-likeness (QED) is 0.149. The Kier molecular flexibility index (Phi) is 8.07. The summed E-state index contributed by atoms with van der Waals surface area (Å²) < 4.78 is 6.88. The highest BCUT2D eigenvalue weighted by Gasteiger charge is 2.20. The van der Waals surface area contributed by atoms with Crippen LogP contribution in [0.5, 0.6) is 0 Å². The first-order valence-corrected chi connectivity index (χ1v) is 17.5. The van der Waals surface area contributed by atoms with Gasteiger partial charge in [0.1, 0.15) is 11.2 Å². The maximum absolute atomic E-state index is 6.88. The van der Waals surface area contributed by atoms with Crippen LogP contribution >= 0.6 is 0 Å². The van der Waals surface area contributed by atoms with E-state index in [9.17, 15) is 0 Å². The second-order valence-corrected chi connectivity index (χ2v) is 13.0. The van der Waals surface area contributed by atoms with Crippen molar-refractivity contribution in [3.63, 3.8) is 0 Å². The van der Waals surface area contributed by atoms with E-state index in [0.717, 1.165) is 71.9 Å². The van der Waals surface area contributed by atoms with Crippen LogP contribution in [0.1, 0.15) is 16.7 Å². The van der Waals surface area contributed by atoms with Crippen molar-refractivity contribution < 1.29 is 4.42 Å². The van der Waals surface area contributed by atoms with Gasteiger partial charge in [-0.2, -0.15) is 0 Å². The lowest BCUT2D eigenvalue weighted by molar-refractivity contribution is 0.670. The van der Waals surface area contributed by atoms with E-state index in [1.54, 1.807) is 0 Å². The number of hydrogen-bond acceptors (Lipinski definition) is 3. The van der Waals surface area contributed by atoms with E-state index in [1.807, 2.05) is 36.4 Å². The van der Waals surface area contributed by atoms with Gasteiger partial charge in [0.25, 0.3) is 0 Å². The molecule has 0 atom stereocenters. The molecule has 0 bridgehead atoms. The second kappa shape index (κ2) is 13.5. The minimum atomic E-state index is 0.517. The van der Waals surface area contributed by atoms with Crippen LogP contribution in [0.25, 0.3) is 71.4 Å². The molecule has 9 rings (SSSR count). The lowest BCUT2D eigenvalue weighted by Crippen LogP contribution is -2.01. The molecule has 246 valence electrons. The molecule has 0 aliphatic rings. The standard InChI is InChI=1S/C49H34N2O/c1-50-45(37-16-6-3-7-17-37)31-46(51-32-33-13-4-2-5-14-33)43-28-27-42(49-48(43)44-29-38-18-8-9-19-39(38)30-47(44)52-49)36-25-23-35(24-26-36)41-22-12-20-34-15-10-11-21-40(34)41/h2-31H,1,32H2/b45-31-,51-46+. The molecule has 0 fully saturated rings. The number of rotatable bonds is 8. The van der Waals surface area contributed by atoms with Crippen molar-refractivity contribution in [2.24, 2.45) is 9.98 Å². The van der Waals surface area contributed by atoms with E-state index in [1.165, 1.54) is 21.9 Å². The van der Waals surface area contributed by atoms with Crippen molar-refractivity contribution in [1.82, 2.24) is 0 Å². The summed E-state index contributed by atoms with van der Waals surface area (Å²) in [6.45, 7) is 4.46. The summed E-state index contributed by atoms with van der Waals surface area (Å²) >= 11 is 0.